The molecule has 5 nitrogen and oxygen atoms in total. The zero-order valence-corrected chi connectivity index (χ0v) is 17.0. The lowest BCUT2D eigenvalue weighted by Gasteiger charge is -2.26. The van der Waals surface area contributed by atoms with Crippen molar-refractivity contribution in [2.24, 2.45) is 0 Å². The van der Waals surface area contributed by atoms with Gasteiger partial charge in [0.25, 0.3) is 0 Å². The van der Waals surface area contributed by atoms with Crippen molar-refractivity contribution < 1.29 is 17.7 Å². The van der Waals surface area contributed by atoms with Gasteiger partial charge >= 0.3 is 0 Å². The molecule has 0 spiro atoms. The largest absolute Gasteiger partial charge is 0.379 e. The number of morpholine rings is 1. The van der Waals surface area contributed by atoms with E-state index in [0.717, 1.165) is 18.4 Å². The molecule has 6 heteroatoms. The minimum absolute atomic E-state index is 0.358. The number of rotatable bonds is 7. The fourth-order valence-electron chi connectivity index (χ4n) is 3.56. The molecule has 0 aliphatic carbocycles. The average molecular weight is 390 g/mol. The van der Waals surface area contributed by atoms with Crippen LogP contribution in [0.2, 0.25) is 0 Å². The Morgan fingerprint density at radius 2 is 1.74 bits per heavy atom. The summed E-state index contributed by atoms with van der Waals surface area (Å²) in [7, 11) is -3.46. The molecule has 1 saturated heterocycles. The van der Waals surface area contributed by atoms with Gasteiger partial charge in [-0.3, -0.25) is 0 Å². The second-order valence-electron chi connectivity index (χ2n) is 6.98. The van der Waals surface area contributed by atoms with E-state index in [4.69, 9.17) is 4.74 Å². The van der Waals surface area contributed by atoms with Crippen LogP contribution in [-0.4, -0.2) is 39.0 Å². The number of benzene rings is 1. The normalized spacial score (nSPS) is 16.0. The van der Waals surface area contributed by atoms with Gasteiger partial charge in [0.2, 0.25) is 10.0 Å². The maximum atomic E-state index is 12.8. The van der Waals surface area contributed by atoms with Crippen LogP contribution in [0.4, 0.5) is 0 Å². The van der Waals surface area contributed by atoms with E-state index in [2.05, 4.69) is 42.9 Å². The van der Waals surface area contributed by atoms with Gasteiger partial charge in [-0.2, -0.15) is 4.31 Å². The van der Waals surface area contributed by atoms with E-state index in [9.17, 15) is 8.42 Å². The predicted octanol–water partition coefficient (Wildman–Crippen LogP) is 2.95. The van der Waals surface area contributed by atoms with Gasteiger partial charge in [0.15, 0.2) is 18.9 Å². The Morgan fingerprint density at radius 1 is 1.07 bits per heavy atom. The molecule has 1 aromatic carbocycles. The van der Waals surface area contributed by atoms with Crippen molar-refractivity contribution in [1.29, 1.82) is 0 Å². The molecule has 3 rings (SSSR count). The quantitative estimate of drug-likeness (QED) is 0.684. The van der Waals surface area contributed by atoms with E-state index >= 15 is 0 Å². The lowest BCUT2D eigenvalue weighted by molar-refractivity contribution is -0.688. The Bertz CT molecular complexity index is 840. The molecular weight excluding hydrogens is 360 g/mol. The minimum Gasteiger partial charge on any atom is -0.379 e. The van der Waals surface area contributed by atoms with Crippen LogP contribution in [0.5, 0.6) is 0 Å². The molecule has 0 atom stereocenters. The van der Waals surface area contributed by atoms with E-state index < -0.39 is 10.0 Å². The summed E-state index contributed by atoms with van der Waals surface area (Å²) in [4.78, 5) is 0.358. The second kappa shape index (κ2) is 8.95. The predicted molar refractivity (Wildman–Crippen MR) is 105 cm³/mol. The Hall–Kier alpha value is -1.76. The molecule has 0 amide bonds. The molecule has 146 valence electrons. The van der Waals surface area contributed by atoms with Gasteiger partial charge in [-0.1, -0.05) is 26.0 Å². The van der Waals surface area contributed by atoms with Crippen molar-refractivity contribution >= 4 is 10.0 Å². The first-order chi connectivity index (χ1) is 13.0. The first kappa shape index (κ1) is 20.0. The fourth-order valence-corrected chi connectivity index (χ4v) is 5.04. The third kappa shape index (κ3) is 4.75. The lowest BCUT2D eigenvalue weighted by atomic mass is 9.95. The Kier molecular flexibility index (Phi) is 6.63. The summed E-state index contributed by atoms with van der Waals surface area (Å²) in [6, 6.07) is 11.6. The highest BCUT2D eigenvalue weighted by molar-refractivity contribution is 7.89. The van der Waals surface area contributed by atoms with Crippen LogP contribution in [0.25, 0.3) is 0 Å². The number of ether oxygens (including phenoxy) is 1. The third-order valence-corrected chi connectivity index (χ3v) is 7.14. The van der Waals surface area contributed by atoms with Crippen molar-refractivity contribution in [3.63, 3.8) is 0 Å². The standard InChI is InChI=1S/C21H29N2O3S/c1-3-19(4-2)20-8-10-22(11-9-20)17-18-6-5-7-21(16-18)27(24,25)23-12-14-26-15-13-23/h5-11,16,19H,3-4,12-15,17H2,1-2H3/q+1. The zero-order chi connectivity index (χ0) is 19.3. The van der Waals surface area contributed by atoms with Crippen molar-refractivity contribution in [1.82, 2.24) is 4.31 Å². The molecule has 1 aliphatic rings. The topological polar surface area (TPSA) is 50.5 Å². The number of nitrogens with zero attached hydrogens (tertiary/aromatic N) is 2. The van der Waals surface area contributed by atoms with Crippen LogP contribution in [0, 0.1) is 0 Å². The zero-order valence-electron chi connectivity index (χ0n) is 16.2. The average Bonchev–Trinajstić information content (AvgIpc) is 2.71. The summed E-state index contributed by atoms with van der Waals surface area (Å²) in [5, 5.41) is 0. The maximum Gasteiger partial charge on any atom is 0.243 e. The number of aromatic nitrogens is 1. The smallest absolute Gasteiger partial charge is 0.243 e. The summed E-state index contributed by atoms with van der Waals surface area (Å²) in [6.45, 7) is 6.83. The Balaban J connectivity index is 1.76. The van der Waals surface area contributed by atoms with E-state index in [1.54, 1.807) is 12.1 Å². The van der Waals surface area contributed by atoms with E-state index in [1.807, 2.05) is 12.1 Å². The summed E-state index contributed by atoms with van der Waals surface area (Å²) in [5.74, 6) is 0.599. The highest BCUT2D eigenvalue weighted by Gasteiger charge is 2.26. The maximum absolute atomic E-state index is 12.8. The van der Waals surface area contributed by atoms with Gasteiger partial charge in [-0.05, 0) is 36.5 Å². The first-order valence-electron chi connectivity index (χ1n) is 9.70. The Morgan fingerprint density at radius 3 is 2.37 bits per heavy atom. The molecule has 0 bridgehead atoms. The summed E-state index contributed by atoms with van der Waals surface area (Å²) in [5.41, 5.74) is 2.34. The molecular formula is C21H29N2O3S+. The molecule has 1 aliphatic heterocycles. The van der Waals surface area contributed by atoms with Gasteiger partial charge in [-0.25, -0.2) is 13.0 Å². The molecule has 0 N–H and O–H groups in total. The molecule has 27 heavy (non-hydrogen) atoms. The second-order valence-corrected chi connectivity index (χ2v) is 8.92. The van der Waals surface area contributed by atoms with E-state index in [-0.39, 0.29) is 0 Å². The number of hydrogen-bond donors (Lipinski definition) is 0. The fraction of sp³-hybridized carbons (Fsp3) is 0.476. The van der Waals surface area contributed by atoms with Crippen molar-refractivity contribution in [3.8, 4) is 0 Å². The van der Waals surface area contributed by atoms with Crippen molar-refractivity contribution in [2.45, 2.75) is 44.0 Å². The molecule has 1 aromatic heterocycles. The van der Waals surface area contributed by atoms with Crippen LogP contribution >= 0.6 is 0 Å². The number of sulfonamides is 1. The SMILES string of the molecule is CCC(CC)c1cc[n+](Cc2cccc(S(=O)(=O)N3CCOCC3)c2)cc1. The highest BCUT2D eigenvalue weighted by Crippen LogP contribution is 2.22. The number of pyridine rings is 1. The molecule has 1 fully saturated rings. The van der Waals surface area contributed by atoms with Crippen LogP contribution in [0.15, 0.2) is 53.7 Å². The summed E-state index contributed by atoms with van der Waals surface area (Å²) in [6.07, 6.45) is 6.44. The van der Waals surface area contributed by atoms with Crippen molar-refractivity contribution in [2.75, 3.05) is 26.3 Å². The van der Waals surface area contributed by atoms with Crippen molar-refractivity contribution in [3.05, 3.63) is 59.9 Å². The van der Waals surface area contributed by atoms with Gasteiger partial charge in [0.05, 0.1) is 18.1 Å². The third-order valence-electron chi connectivity index (χ3n) is 5.25. The molecule has 2 heterocycles. The monoisotopic (exact) mass is 389 g/mol. The summed E-state index contributed by atoms with van der Waals surface area (Å²) >= 11 is 0. The van der Waals surface area contributed by atoms with Gasteiger partial charge < -0.3 is 4.74 Å². The van der Waals surface area contributed by atoms with Crippen LogP contribution in [0.1, 0.15) is 43.7 Å². The van der Waals surface area contributed by atoms with Crippen LogP contribution in [0.3, 0.4) is 0 Å². The first-order valence-corrected chi connectivity index (χ1v) is 11.1. The van der Waals surface area contributed by atoms with E-state index in [0.29, 0.717) is 43.7 Å². The lowest BCUT2D eigenvalue weighted by Crippen LogP contribution is -2.40. The molecule has 0 saturated carbocycles. The van der Waals surface area contributed by atoms with Gasteiger partial charge in [0.1, 0.15) is 0 Å². The van der Waals surface area contributed by atoms with Gasteiger partial charge in [-0.15, -0.1) is 0 Å². The molecule has 2 aromatic rings. The van der Waals surface area contributed by atoms with Gasteiger partial charge in [0, 0.05) is 30.8 Å². The highest BCUT2D eigenvalue weighted by atomic mass is 32.2. The molecule has 0 unspecified atom stereocenters. The number of hydrogen-bond acceptors (Lipinski definition) is 3. The Labute approximate surface area is 162 Å². The van der Waals surface area contributed by atoms with Crippen LogP contribution in [-0.2, 0) is 21.3 Å². The van der Waals surface area contributed by atoms with E-state index in [1.165, 1.54) is 9.87 Å². The van der Waals surface area contributed by atoms with Crippen LogP contribution < -0.4 is 4.57 Å². The summed E-state index contributed by atoms with van der Waals surface area (Å²) < 4.78 is 34.5. The minimum atomic E-state index is -3.46. The molecule has 0 radical (unpaired) electrons.